The van der Waals surface area contributed by atoms with Crippen LogP contribution in [0.5, 0.6) is 0 Å². The summed E-state index contributed by atoms with van der Waals surface area (Å²) >= 11 is 6.10. The number of hydrogen-bond donors (Lipinski definition) is 1. The van der Waals surface area contributed by atoms with E-state index >= 15 is 0 Å². The number of carboxylic acids is 1. The SMILES string of the molecule is CC(CCn1nnnc1-c1ccccc1Cl)C(=O)O. The summed E-state index contributed by atoms with van der Waals surface area (Å²) in [6, 6.07) is 7.26. The highest BCUT2D eigenvalue weighted by Crippen LogP contribution is 2.25. The van der Waals surface area contributed by atoms with E-state index in [1.54, 1.807) is 17.7 Å². The Morgan fingerprint density at radius 3 is 2.89 bits per heavy atom. The second-order valence-corrected chi connectivity index (χ2v) is 4.64. The van der Waals surface area contributed by atoms with Crippen LogP contribution in [0.4, 0.5) is 0 Å². The van der Waals surface area contributed by atoms with Crippen LogP contribution in [0.1, 0.15) is 13.3 Å². The van der Waals surface area contributed by atoms with E-state index in [0.29, 0.717) is 23.8 Å². The first-order valence-corrected chi connectivity index (χ1v) is 6.21. The predicted octanol–water partition coefficient (Wildman–Crippen LogP) is 2.10. The molecule has 2 aromatic rings. The third-order valence-electron chi connectivity index (χ3n) is 2.84. The maximum Gasteiger partial charge on any atom is 0.306 e. The second kappa shape index (κ2) is 5.79. The lowest BCUT2D eigenvalue weighted by molar-refractivity contribution is -0.141. The van der Waals surface area contributed by atoms with Gasteiger partial charge in [-0.15, -0.1) is 5.10 Å². The molecule has 0 saturated heterocycles. The molecule has 0 saturated carbocycles. The number of aryl methyl sites for hydroxylation is 1. The van der Waals surface area contributed by atoms with Gasteiger partial charge in [-0.2, -0.15) is 0 Å². The Morgan fingerprint density at radius 2 is 2.21 bits per heavy atom. The average molecular weight is 281 g/mol. The molecular formula is C12H13ClN4O2. The first-order valence-electron chi connectivity index (χ1n) is 5.83. The number of hydrogen-bond acceptors (Lipinski definition) is 4. The molecule has 1 aromatic carbocycles. The molecule has 1 aromatic heterocycles. The average Bonchev–Trinajstić information content (AvgIpc) is 2.84. The Morgan fingerprint density at radius 1 is 1.47 bits per heavy atom. The molecule has 0 radical (unpaired) electrons. The Balaban J connectivity index is 2.19. The number of tetrazole rings is 1. The predicted molar refractivity (Wildman–Crippen MR) is 69.7 cm³/mol. The summed E-state index contributed by atoms with van der Waals surface area (Å²) in [6.45, 7) is 2.09. The number of aliphatic carboxylic acids is 1. The van der Waals surface area contributed by atoms with Crippen molar-refractivity contribution in [1.82, 2.24) is 20.2 Å². The number of benzene rings is 1. The van der Waals surface area contributed by atoms with Crippen LogP contribution in [0.25, 0.3) is 11.4 Å². The van der Waals surface area contributed by atoms with Crippen LogP contribution < -0.4 is 0 Å². The normalized spacial score (nSPS) is 12.3. The van der Waals surface area contributed by atoms with Crippen LogP contribution >= 0.6 is 11.6 Å². The van der Waals surface area contributed by atoms with E-state index in [0.717, 1.165) is 5.56 Å². The molecule has 1 atom stereocenters. The van der Waals surface area contributed by atoms with E-state index in [4.69, 9.17) is 16.7 Å². The Labute approximate surface area is 115 Å². The minimum atomic E-state index is -0.827. The molecule has 100 valence electrons. The molecule has 0 aliphatic rings. The van der Waals surface area contributed by atoms with Crippen LogP contribution in [-0.2, 0) is 11.3 Å². The first kappa shape index (κ1) is 13.5. The van der Waals surface area contributed by atoms with Crippen molar-refractivity contribution in [2.24, 2.45) is 5.92 Å². The molecule has 7 heteroatoms. The van der Waals surface area contributed by atoms with Crippen LogP contribution in [-0.4, -0.2) is 31.3 Å². The maximum atomic E-state index is 10.8. The highest BCUT2D eigenvalue weighted by atomic mass is 35.5. The zero-order valence-corrected chi connectivity index (χ0v) is 11.1. The largest absolute Gasteiger partial charge is 0.481 e. The molecule has 2 rings (SSSR count). The third-order valence-corrected chi connectivity index (χ3v) is 3.17. The summed E-state index contributed by atoms with van der Waals surface area (Å²) in [5.41, 5.74) is 0.733. The first-order chi connectivity index (χ1) is 9.09. The van der Waals surface area contributed by atoms with Crippen LogP contribution in [0.2, 0.25) is 5.02 Å². The van der Waals surface area contributed by atoms with Gasteiger partial charge in [-0.3, -0.25) is 4.79 Å². The summed E-state index contributed by atoms with van der Waals surface area (Å²) in [5, 5.41) is 20.8. The summed E-state index contributed by atoms with van der Waals surface area (Å²) < 4.78 is 1.57. The van der Waals surface area contributed by atoms with Gasteiger partial charge in [0.1, 0.15) is 0 Å². The van der Waals surface area contributed by atoms with Gasteiger partial charge in [0, 0.05) is 12.1 Å². The lowest BCUT2D eigenvalue weighted by atomic mass is 10.1. The second-order valence-electron chi connectivity index (χ2n) is 4.23. The number of nitrogens with zero attached hydrogens (tertiary/aromatic N) is 4. The van der Waals surface area contributed by atoms with Crippen LogP contribution in [0, 0.1) is 5.92 Å². The van der Waals surface area contributed by atoms with Gasteiger partial charge in [0.25, 0.3) is 0 Å². The molecule has 0 aliphatic heterocycles. The van der Waals surface area contributed by atoms with Crippen molar-refractivity contribution in [3.63, 3.8) is 0 Å². The van der Waals surface area contributed by atoms with Crippen molar-refractivity contribution in [2.75, 3.05) is 0 Å². The van der Waals surface area contributed by atoms with Crippen molar-refractivity contribution in [1.29, 1.82) is 0 Å². The van der Waals surface area contributed by atoms with Gasteiger partial charge in [-0.05, 0) is 29.0 Å². The Hall–Kier alpha value is -1.95. The van der Waals surface area contributed by atoms with Crippen molar-refractivity contribution in [3.05, 3.63) is 29.3 Å². The van der Waals surface area contributed by atoms with Crippen molar-refractivity contribution < 1.29 is 9.90 Å². The highest BCUT2D eigenvalue weighted by molar-refractivity contribution is 6.33. The Kier molecular flexibility index (Phi) is 4.11. The highest BCUT2D eigenvalue weighted by Gasteiger charge is 2.15. The molecule has 1 unspecified atom stereocenters. The van der Waals surface area contributed by atoms with Gasteiger partial charge in [0.2, 0.25) is 0 Å². The number of aromatic nitrogens is 4. The molecule has 1 heterocycles. The zero-order chi connectivity index (χ0) is 13.8. The lowest BCUT2D eigenvalue weighted by Crippen LogP contribution is -2.14. The van der Waals surface area contributed by atoms with Crippen molar-refractivity contribution >= 4 is 17.6 Å². The summed E-state index contributed by atoms with van der Waals surface area (Å²) in [6.07, 6.45) is 0.456. The molecule has 19 heavy (non-hydrogen) atoms. The maximum absolute atomic E-state index is 10.8. The van der Waals surface area contributed by atoms with E-state index in [2.05, 4.69) is 15.5 Å². The van der Waals surface area contributed by atoms with E-state index in [-0.39, 0.29) is 0 Å². The quantitative estimate of drug-likeness (QED) is 0.907. The minimum Gasteiger partial charge on any atom is -0.481 e. The molecule has 0 spiro atoms. The lowest BCUT2D eigenvalue weighted by Gasteiger charge is -2.08. The fourth-order valence-electron chi connectivity index (χ4n) is 1.63. The van der Waals surface area contributed by atoms with Gasteiger partial charge < -0.3 is 5.11 Å². The fourth-order valence-corrected chi connectivity index (χ4v) is 1.85. The summed E-state index contributed by atoms with van der Waals surface area (Å²) in [7, 11) is 0. The summed E-state index contributed by atoms with van der Waals surface area (Å²) in [4.78, 5) is 10.8. The van der Waals surface area contributed by atoms with Gasteiger partial charge in [-0.1, -0.05) is 30.7 Å². The number of carbonyl (C=O) groups is 1. The smallest absolute Gasteiger partial charge is 0.306 e. The topological polar surface area (TPSA) is 80.9 Å². The number of rotatable bonds is 5. The van der Waals surface area contributed by atoms with E-state index in [9.17, 15) is 4.79 Å². The van der Waals surface area contributed by atoms with Gasteiger partial charge in [-0.25, -0.2) is 4.68 Å². The third kappa shape index (κ3) is 3.08. The molecule has 0 fully saturated rings. The molecular weight excluding hydrogens is 268 g/mol. The van der Waals surface area contributed by atoms with Gasteiger partial charge in [0.15, 0.2) is 5.82 Å². The van der Waals surface area contributed by atoms with Gasteiger partial charge >= 0.3 is 5.97 Å². The fraction of sp³-hybridized carbons (Fsp3) is 0.333. The molecule has 0 amide bonds. The Bertz CT molecular complexity index is 585. The standard InChI is InChI=1S/C12H13ClN4O2/c1-8(12(18)19)6-7-17-11(14-15-16-17)9-4-2-3-5-10(9)13/h2-5,8H,6-7H2,1H3,(H,18,19). The molecule has 6 nitrogen and oxygen atoms in total. The van der Waals surface area contributed by atoms with E-state index in [1.165, 1.54) is 0 Å². The van der Waals surface area contributed by atoms with Crippen molar-refractivity contribution in [2.45, 2.75) is 19.9 Å². The number of carboxylic acid groups (broad SMARTS) is 1. The molecule has 0 bridgehead atoms. The zero-order valence-electron chi connectivity index (χ0n) is 10.3. The van der Waals surface area contributed by atoms with E-state index < -0.39 is 11.9 Å². The van der Waals surface area contributed by atoms with Gasteiger partial charge in [0.05, 0.1) is 10.9 Å². The molecule has 1 N–H and O–H groups in total. The van der Waals surface area contributed by atoms with E-state index in [1.807, 2.05) is 18.2 Å². The minimum absolute atomic E-state index is 0.432. The number of halogens is 1. The van der Waals surface area contributed by atoms with Crippen LogP contribution in [0.3, 0.4) is 0 Å². The van der Waals surface area contributed by atoms with Crippen molar-refractivity contribution in [3.8, 4) is 11.4 Å². The molecule has 0 aliphatic carbocycles. The van der Waals surface area contributed by atoms with Crippen LogP contribution in [0.15, 0.2) is 24.3 Å². The monoisotopic (exact) mass is 280 g/mol. The summed E-state index contributed by atoms with van der Waals surface area (Å²) in [5.74, 6) is -0.723.